The van der Waals surface area contributed by atoms with Crippen molar-refractivity contribution in [2.24, 2.45) is 0 Å². The second-order valence-corrected chi connectivity index (χ2v) is 2.60. The highest BCUT2D eigenvalue weighted by Gasteiger charge is 2.08. The molecule has 0 aliphatic carbocycles. The maximum atomic E-state index is 5.61. The van der Waals surface area contributed by atoms with Crippen molar-refractivity contribution in [3.05, 3.63) is 0 Å². The molecule has 0 aliphatic rings. The SMILES string of the molecule is CN(C)c1nc(N)nc(N)c1N. The molecule has 66 valence electrons. The molecule has 12 heavy (non-hydrogen) atoms. The fraction of sp³-hybridized carbons (Fsp3) is 0.333. The Labute approximate surface area is 70.4 Å². The maximum Gasteiger partial charge on any atom is 0.224 e. The summed E-state index contributed by atoms with van der Waals surface area (Å²) in [6, 6.07) is 0. The first-order valence-electron chi connectivity index (χ1n) is 3.38. The van der Waals surface area contributed by atoms with E-state index in [1.54, 1.807) is 19.0 Å². The number of aromatic nitrogens is 2. The van der Waals surface area contributed by atoms with E-state index in [1.807, 2.05) is 0 Å². The highest BCUT2D eigenvalue weighted by atomic mass is 15.2. The Kier molecular flexibility index (Phi) is 1.90. The van der Waals surface area contributed by atoms with Gasteiger partial charge in [0, 0.05) is 14.1 Å². The third kappa shape index (κ3) is 1.31. The van der Waals surface area contributed by atoms with Crippen LogP contribution in [-0.4, -0.2) is 24.1 Å². The largest absolute Gasteiger partial charge is 0.393 e. The van der Waals surface area contributed by atoms with Gasteiger partial charge >= 0.3 is 0 Å². The van der Waals surface area contributed by atoms with Crippen LogP contribution < -0.4 is 22.1 Å². The molecule has 1 rings (SSSR count). The minimum absolute atomic E-state index is 0.130. The van der Waals surface area contributed by atoms with Gasteiger partial charge in [-0.15, -0.1) is 0 Å². The molecule has 0 amide bonds. The van der Waals surface area contributed by atoms with Crippen LogP contribution in [0.4, 0.5) is 23.3 Å². The zero-order valence-corrected chi connectivity index (χ0v) is 7.07. The molecule has 0 spiro atoms. The van der Waals surface area contributed by atoms with Crippen molar-refractivity contribution in [1.29, 1.82) is 0 Å². The molecule has 0 saturated carbocycles. The van der Waals surface area contributed by atoms with E-state index < -0.39 is 0 Å². The third-order valence-electron chi connectivity index (χ3n) is 1.40. The van der Waals surface area contributed by atoms with Crippen molar-refractivity contribution in [1.82, 2.24) is 9.97 Å². The summed E-state index contributed by atoms with van der Waals surface area (Å²) >= 11 is 0. The number of nitrogens with two attached hydrogens (primary N) is 3. The first-order chi connectivity index (χ1) is 5.52. The van der Waals surface area contributed by atoms with E-state index in [2.05, 4.69) is 9.97 Å². The molecule has 1 aromatic heterocycles. The van der Waals surface area contributed by atoms with Crippen LogP contribution in [0.2, 0.25) is 0 Å². The Morgan fingerprint density at radius 3 is 2.17 bits per heavy atom. The van der Waals surface area contributed by atoms with Gasteiger partial charge in [0.1, 0.15) is 5.69 Å². The van der Waals surface area contributed by atoms with E-state index in [0.29, 0.717) is 11.5 Å². The van der Waals surface area contributed by atoms with Gasteiger partial charge in [-0.05, 0) is 0 Å². The van der Waals surface area contributed by atoms with Crippen molar-refractivity contribution < 1.29 is 0 Å². The normalized spacial score (nSPS) is 9.83. The molecule has 0 unspecified atom stereocenters. The summed E-state index contributed by atoms with van der Waals surface area (Å²) in [6.07, 6.45) is 0. The molecular weight excluding hydrogens is 156 g/mol. The van der Waals surface area contributed by atoms with Gasteiger partial charge in [0.25, 0.3) is 0 Å². The monoisotopic (exact) mass is 168 g/mol. The van der Waals surface area contributed by atoms with Crippen LogP contribution >= 0.6 is 0 Å². The number of nitrogen functional groups attached to an aromatic ring is 3. The molecule has 0 aliphatic heterocycles. The van der Waals surface area contributed by atoms with E-state index in [1.165, 1.54) is 0 Å². The lowest BCUT2D eigenvalue weighted by molar-refractivity contribution is 1.05. The topological polar surface area (TPSA) is 107 Å². The van der Waals surface area contributed by atoms with Crippen LogP contribution in [0.25, 0.3) is 0 Å². The smallest absolute Gasteiger partial charge is 0.224 e. The summed E-state index contributed by atoms with van der Waals surface area (Å²) in [7, 11) is 3.61. The molecule has 0 radical (unpaired) electrons. The number of hydrogen-bond acceptors (Lipinski definition) is 6. The van der Waals surface area contributed by atoms with E-state index in [4.69, 9.17) is 17.2 Å². The van der Waals surface area contributed by atoms with Crippen molar-refractivity contribution in [3.63, 3.8) is 0 Å². The Morgan fingerprint density at radius 1 is 1.08 bits per heavy atom. The van der Waals surface area contributed by atoms with Crippen molar-refractivity contribution >= 4 is 23.3 Å². The third-order valence-corrected chi connectivity index (χ3v) is 1.40. The van der Waals surface area contributed by atoms with Gasteiger partial charge in [0.2, 0.25) is 5.95 Å². The molecule has 6 N–H and O–H groups in total. The fourth-order valence-corrected chi connectivity index (χ4v) is 0.833. The van der Waals surface area contributed by atoms with Crippen LogP contribution in [0.3, 0.4) is 0 Å². The van der Waals surface area contributed by atoms with Gasteiger partial charge in [-0.3, -0.25) is 0 Å². The molecule has 1 heterocycles. The fourth-order valence-electron chi connectivity index (χ4n) is 0.833. The van der Waals surface area contributed by atoms with E-state index in [0.717, 1.165) is 0 Å². The Morgan fingerprint density at radius 2 is 1.67 bits per heavy atom. The molecule has 1 aromatic rings. The lowest BCUT2D eigenvalue weighted by atomic mass is 10.4. The Hall–Kier alpha value is -1.72. The predicted molar refractivity (Wildman–Crippen MR) is 49.6 cm³/mol. The Balaban J connectivity index is 3.28. The van der Waals surface area contributed by atoms with Crippen molar-refractivity contribution in [2.75, 3.05) is 36.2 Å². The summed E-state index contributed by atoms with van der Waals surface area (Å²) in [4.78, 5) is 9.36. The summed E-state index contributed by atoms with van der Waals surface area (Å²) in [5.41, 5.74) is 16.8. The second-order valence-electron chi connectivity index (χ2n) is 2.60. The molecule has 0 bridgehead atoms. The highest BCUT2D eigenvalue weighted by Crippen LogP contribution is 2.23. The van der Waals surface area contributed by atoms with Crippen molar-refractivity contribution in [2.45, 2.75) is 0 Å². The number of hydrogen-bond donors (Lipinski definition) is 3. The predicted octanol–water partition coefficient (Wildman–Crippen LogP) is -0.711. The molecule has 0 saturated heterocycles. The molecule has 0 fully saturated rings. The first kappa shape index (κ1) is 8.38. The van der Waals surface area contributed by atoms with Crippen LogP contribution in [-0.2, 0) is 0 Å². The van der Waals surface area contributed by atoms with Crippen LogP contribution in [0.15, 0.2) is 0 Å². The lowest BCUT2D eigenvalue weighted by Gasteiger charge is -2.14. The lowest BCUT2D eigenvalue weighted by Crippen LogP contribution is -2.16. The van der Waals surface area contributed by atoms with Crippen LogP contribution in [0, 0.1) is 0 Å². The van der Waals surface area contributed by atoms with Gasteiger partial charge < -0.3 is 22.1 Å². The summed E-state index contributed by atoms with van der Waals surface area (Å²) in [5, 5.41) is 0. The van der Waals surface area contributed by atoms with Gasteiger partial charge in [-0.1, -0.05) is 0 Å². The van der Waals surface area contributed by atoms with Gasteiger partial charge in [-0.25, -0.2) is 0 Å². The summed E-state index contributed by atoms with van der Waals surface area (Å²) in [5.74, 6) is 0.886. The quantitative estimate of drug-likeness (QED) is 0.511. The number of anilines is 4. The maximum absolute atomic E-state index is 5.61. The molecule has 6 heteroatoms. The molecule has 6 nitrogen and oxygen atoms in total. The average molecular weight is 168 g/mol. The highest BCUT2D eigenvalue weighted by molar-refractivity contribution is 5.74. The minimum Gasteiger partial charge on any atom is -0.393 e. The van der Waals surface area contributed by atoms with Gasteiger partial charge in [-0.2, -0.15) is 9.97 Å². The van der Waals surface area contributed by atoms with Crippen LogP contribution in [0.1, 0.15) is 0 Å². The second kappa shape index (κ2) is 2.72. The van der Waals surface area contributed by atoms with E-state index in [9.17, 15) is 0 Å². The zero-order chi connectivity index (χ0) is 9.30. The van der Waals surface area contributed by atoms with Crippen LogP contribution in [0.5, 0.6) is 0 Å². The molecular formula is C6H12N6. The van der Waals surface area contributed by atoms with Gasteiger partial charge in [0.05, 0.1) is 0 Å². The molecule has 0 aromatic carbocycles. The summed E-state index contributed by atoms with van der Waals surface area (Å²) < 4.78 is 0. The molecule has 0 atom stereocenters. The first-order valence-corrected chi connectivity index (χ1v) is 3.38. The van der Waals surface area contributed by atoms with Crippen molar-refractivity contribution in [3.8, 4) is 0 Å². The Bertz CT molecular complexity index is 294. The minimum atomic E-state index is 0.130. The number of rotatable bonds is 1. The average Bonchev–Trinajstić information content (AvgIpc) is 1.96. The van der Waals surface area contributed by atoms with E-state index in [-0.39, 0.29) is 11.8 Å². The van der Waals surface area contributed by atoms with Gasteiger partial charge in [0.15, 0.2) is 11.6 Å². The summed E-state index contributed by atoms with van der Waals surface area (Å²) in [6.45, 7) is 0. The number of nitrogens with zero attached hydrogens (tertiary/aromatic N) is 3. The van der Waals surface area contributed by atoms with E-state index >= 15 is 0 Å². The standard InChI is InChI=1S/C6H12N6/c1-12(2)5-3(7)4(8)10-6(9)11-5/h7H2,1-2H3,(H4,8,9,10,11). The zero-order valence-electron chi connectivity index (χ0n) is 7.07.